The standard InChI is InChI=1S/C24H31ClFN3O3S/c1-18-5-4-12-29(16-18)33(31,32)23-15-20(8-11-22(23)25)24(30)28(14-13-27(2)3)17-19-6-9-21(26)10-7-19/h6-11,15,18H,4-5,12-14,16-17H2,1-3H3. The fourth-order valence-electron chi connectivity index (χ4n) is 3.90. The van der Waals surface area contributed by atoms with Crippen LogP contribution in [-0.2, 0) is 16.6 Å². The van der Waals surface area contributed by atoms with Crippen molar-refractivity contribution in [3.05, 3.63) is 64.4 Å². The lowest BCUT2D eigenvalue weighted by atomic mass is 10.0. The zero-order valence-corrected chi connectivity index (χ0v) is 20.9. The predicted molar refractivity (Wildman–Crippen MR) is 128 cm³/mol. The van der Waals surface area contributed by atoms with Crippen LogP contribution in [0.25, 0.3) is 0 Å². The summed E-state index contributed by atoms with van der Waals surface area (Å²) in [4.78, 5) is 17.0. The highest BCUT2D eigenvalue weighted by molar-refractivity contribution is 7.89. The summed E-state index contributed by atoms with van der Waals surface area (Å²) in [5.41, 5.74) is 1.04. The van der Waals surface area contributed by atoms with Crippen LogP contribution in [0.5, 0.6) is 0 Å². The van der Waals surface area contributed by atoms with Crippen LogP contribution < -0.4 is 0 Å². The van der Waals surface area contributed by atoms with Crippen molar-refractivity contribution in [3.63, 3.8) is 0 Å². The Labute approximate surface area is 201 Å². The highest BCUT2D eigenvalue weighted by atomic mass is 35.5. The molecule has 0 aliphatic carbocycles. The second-order valence-electron chi connectivity index (χ2n) is 8.91. The molecule has 33 heavy (non-hydrogen) atoms. The number of halogens is 2. The zero-order chi connectivity index (χ0) is 24.2. The number of piperidine rings is 1. The van der Waals surface area contributed by atoms with E-state index in [4.69, 9.17) is 11.6 Å². The molecular formula is C24H31ClFN3O3S. The van der Waals surface area contributed by atoms with E-state index in [1.165, 1.54) is 28.6 Å². The number of sulfonamides is 1. The molecule has 1 fully saturated rings. The van der Waals surface area contributed by atoms with Crippen LogP contribution in [0.4, 0.5) is 4.39 Å². The van der Waals surface area contributed by atoms with E-state index in [1.807, 2.05) is 25.9 Å². The van der Waals surface area contributed by atoms with Gasteiger partial charge < -0.3 is 9.80 Å². The van der Waals surface area contributed by atoms with E-state index in [0.717, 1.165) is 18.4 Å². The molecule has 0 radical (unpaired) electrons. The van der Waals surface area contributed by atoms with E-state index in [9.17, 15) is 17.6 Å². The third-order valence-corrected chi connectivity index (χ3v) is 8.15. The van der Waals surface area contributed by atoms with Crippen molar-refractivity contribution in [1.29, 1.82) is 0 Å². The minimum atomic E-state index is -3.82. The molecule has 1 aliphatic rings. The first-order valence-corrected chi connectivity index (χ1v) is 12.9. The third kappa shape index (κ3) is 6.53. The number of hydrogen-bond acceptors (Lipinski definition) is 4. The summed E-state index contributed by atoms with van der Waals surface area (Å²) in [6, 6.07) is 10.4. The summed E-state index contributed by atoms with van der Waals surface area (Å²) in [6.07, 6.45) is 1.79. The number of carbonyl (C=O) groups excluding carboxylic acids is 1. The summed E-state index contributed by atoms with van der Waals surface area (Å²) >= 11 is 6.29. The van der Waals surface area contributed by atoms with E-state index in [2.05, 4.69) is 0 Å². The second kappa shape index (κ2) is 11.0. The Morgan fingerprint density at radius 1 is 1.15 bits per heavy atom. The highest BCUT2D eigenvalue weighted by Gasteiger charge is 2.31. The van der Waals surface area contributed by atoms with Crippen molar-refractivity contribution >= 4 is 27.5 Å². The molecule has 0 aromatic heterocycles. The van der Waals surface area contributed by atoms with E-state index >= 15 is 0 Å². The van der Waals surface area contributed by atoms with Crippen LogP contribution in [0.1, 0.15) is 35.7 Å². The molecule has 2 aromatic carbocycles. The van der Waals surface area contributed by atoms with Gasteiger partial charge in [-0.05, 0) is 68.8 Å². The van der Waals surface area contributed by atoms with Gasteiger partial charge in [0, 0.05) is 38.3 Å². The molecule has 1 atom stereocenters. The Bertz CT molecular complexity index is 1080. The Kier molecular flexibility index (Phi) is 8.50. The van der Waals surface area contributed by atoms with Crippen molar-refractivity contribution in [1.82, 2.24) is 14.1 Å². The molecule has 1 saturated heterocycles. The predicted octanol–water partition coefficient (Wildman–Crippen LogP) is 4.10. The van der Waals surface area contributed by atoms with Crippen molar-refractivity contribution in [2.75, 3.05) is 40.3 Å². The molecule has 0 N–H and O–H groups in total. The van der Waals surface area contributed by atoms with Crippen molar-refractivity contribution in [2.45, 2.75) is 31.2 Å². The Morgan fingerprint density at radius 3 is 2.48 bits per heavy atom. The van der Waals surface area contributed by atoms with Gasteiger partial charge in [0.25, 0.3) is 5.91 Å². The van der Waals surface area contributed by atoms with Gasteiger partial charge in [-0.2, -0.15) is 4.31 Å². The van der Waals surface area contributed by atoms with E-state index < -0.39 is 10.0 Å². The molecule has 1 heterocycles. The largest absolute Gasteiger partial charge is 0.333 e. The minimum Gasteiger partial charge on any atom is -0.333 e. The third-order valence-electron chi connectivity index (χ3n) is 5.81. The molecule has 2 aromatic rings. The number of benzene rings is 2. The normalized spacial score (nSPS) is 17.3. The molecule has 0 spiro atoms. The maximum Gasteiger partial charge on any atom is 0.254 e. The number of amides is 1. The molecule has 9 heteroatoms. The maximum atomic E-state index is 13.4. The van der Waals surface area contributed by atoms with Gasteiger partial charge in [0.2, 0.25) is 10.0 Å². The van der Waals surface area contributed by atoms with Gasteiger partial charge in [-0.25, -0.2) is 12.8 Å². The van der Waals surface area contributed by atoms with Crippen LogP contribution in [-0.4, -0.2) is 68.7 Å². The molecular weight excluding hydrogens is 465 g/mol. The van der Waals surface area contributed by atoms with E-state index in [0.29, 0.717) is 26.2 Å². The number of rotatable bonds is 8. The van der Waals surface area contributed by atoms with Crippen LogP contribution in [0.2, 0.25) is 5.02 Å². The molecule has 180 valence electrons. The molecule has 0 bridgehead atoms. The lowest BCUT2D eigenvalue weighted by Gasteiger charge is -2.30. The maximum absolute atomic E-state index is 13.4. The molecule has 1 amide bonds. The topological polar surface area (TPSA) is 60.9 Å². The Balaban J connectivity index is 1.90. The summed E-state index contributed by atoms with van der Waals surface area (Å²) in [7, 11) is 0.00374. The van der Waals surface area contributed by atoms with Crippen LogP contribution >= 0.6 is 11.6 Å². The van der Waals surface area contributed by atoms with Gasteiger partial charge in [0.1, 0.15) is 10.7 Å². The highest BCUT2D eigenvalue weighted by Crippen LogP contribution is 2.29. The first kappa shape index (κ1) is 25.6. The number of likely N-dealkylation sites (N-methyl/N-ethyl adjacent to an activating group) is 1. The summed E-state index contributed by atoms with van der Waals surface area (Å²) in [5.74, 6) is -0.375. The van der Waals surface area contributed by atoms with Crippen LogP contribution in [0.15, 0.2) is 47.4 Å². The quantitative estimate of drug-likeness (QED) is 0.553. The molecule has 0 saturated carbocycles. The lowest BCUT2D eigenvalue weighted by Crippen LogP contribution is -2.39. The summed E-state index contributed by atoms with van der Waals surface area (Å²) in [6.45, 7) is 4.24. The number of carbonyl (C=O) groups is 1. The van der Waals surface area contributed by atoms with Gasteiger partial charge in [0.15, 0.2) is 0 Å². The SMILES string of the molecule is CC1CCCN(S(=O)(=O)c2cc(C(=O)N(CCN(C)C)Cc3ccc(F)cc3)ccc2Cl)C1. The van der Waals surface area contributed by atoms with E-state index in [-0.39, 0.29) is 39.7 Å². The fourth-order valence-corrected chi connectivity index (χ4v) is 6.00. The number of nitrogens with zero attached hydrogens (tertiary/aromatic N) is 3. The van der Waals surface area contributed by atoms with Gasteiger partial charge in [-0.1, -0.05) is 30.7 Å². The van der Waals surface area contributed by atoms with Crippen LogP contribution in [0, 0.1) is 11.7 Å². The van der Waals surface area contributed by atoms with Crippen molar-refractivity contribution in [2.24, 2.45) is 5.92 Å². The zero-order valence-electron chi connectivity index (χ0n) is 19.3. The van der Waals surface area contributed by atoms with Gasteiger partial charge in [-0.3, -0.25) is 4.79 Å². The monoisotopic (exact) mass is 495 g/mol. The molecule has 1 unspecified atom stereocenters. The van der Waals surface area contributed by atoms with E-state index in [1.54, 1.807) is 23.1 Å². The summed E-state index contributed by atoms with van der Waals surface area (Å²) in [5, 5.41) is 0.100. The van der Waals surface area contributed by atoms with Crippen LogP contribution in [0.3, 0.4) is 0 Å². The smallest absolute Gasteiger partial charge is 0.254 e. The Hall–Kier alpha value is -2.00. The number of hydrogen-bond donors (Lipinski definition) is 0. The van der Waals surface area contributed by atoms with Gasteiger partial charge in [-0.15, -0.1) is 0 Å². The summed E-state index contributed by atoms with van der Waals surface area (Å²) < 4.78 is 41.4. The van der Waals surface area contributed by atoms with Gasteiger partial charge >= 0.3 is 0 Å². The second-order valence-corrected chi connectivity index (χ2v) is 11.2. The molecule has 3 rings (SSSR count). The minimum absolute atomic E-state index is 0.0431. The fraction of sp³-hybridized carbons (Fsp3) is 0.458. The molecule has 1 aliphatic heterocycles. The first-order valence-electron chi connectivity index (χ1n) is 11.1. The molecule has 6 nitrogen and oxygen atoms in total. The van der Waals surface area contributed by atoms with Crippen molar-refractivity contribution in [3.8, 4) is 0 Å². The lowest BCUT2D eigenvalue weighted by molar-refractivity contribution is 0.0731. The van der Waals surface area contributed by atoms with Crippen molar-refractivity contribution < 1.29 is 17.6 Å². The average Bonchev–Trinajstić information content (AvgIpc) is 2.77. The Morgan fingerprint density at radius 2 is 1.85 bits per heavy atom. The average molecular weight is 496 g/mol. The first-order chi connectivity index (χ1) is 15.6. The van der Waals surface area contributed by atoms with Gasteiger partial charge in [0.05, 0.1) is 5.02 Å².